The summed E-state index contributed by atoms with van der Waals surface area (Å²) < 4.78 is 27.4. The van der Waals surface area contributed by atoms with Gasteiger partial charge in [0.15, 0.2) is 17.1 Å². The molecule has 0 aliphatic carbocycles. The largest absolute Gasteiger partial charge is 0.372 e. The number of nitrogens with zero attached hydrogens (tertiary/aromatic N) is 3. The van der Waals surface area contributed by atoms with Crippen LogP contribution in [-0.4, -0.2) is 52.8 Å². The zero-order valence-electron chi connectivity index (χ0n) is 19.5. The van der Waals surface area contributed by atoms with Crippen molar-refractivity contribution >= 4 is 40.3 Å². The van der Waals surface area contributed by atoms with Crippen molar-refractivity contribution < 1.29 is 28.0 Å². The number of nitrogens with one attached hydrogen (secondary N) is 3. The summed E-state index contributed by atoms with van der Waals surface area (Å²) in [4.78, 5) is 44.4. The molecule has 3 atom stereocenters. The molecule has 0 saturated carbocycles. The highest BCUT2D eigenvalue weighted by atomic mass is 19.1. The van der Waals surface area contributed by atoms with Gasteiger partial charge in [-0.3, -0.25) is 25.2 Å². The first-order chi connectivity index (χ1) is 17.3. The Kier molecular flexibility index (Phi) is 4.97. The molecule has 0 bridgehead atoms. The van der Waals surface area contributed by atoms with Crippen molar-refractivity contribution in [1.82, 2.24) is 20.8 Å². The first-order valence-corrected chi connectivity index (χ1v) is 11.6. The van der Waals surface area contributed by atoms with Crippen molar-refractivity contribution in [3.8, 4) is 0 Å². The Balaban J connectivity index is 1.49. The Bertz CT molecular complexity index is 1390. The predicted molar refractivity (Wildman–Crippen MR) is 124 cm³/mol. The van der Waals surface area contributed by atoms with Crippen LogP contribution in [0.25, 0.3) is 11.0 Å². The van der Waals surface area contributed by atoms with Gasteiger partial charge in [-0.25, -0.2) is 9.18 Å². The molecule has 4 amide bonds. The van der Waals surface area contributed by atoms with Gasteiger partial charge in [-0.2, -0.15) is 0 Å². The summed E-state index contributed by atoms with van der Waals surface area (Å²) in [5.74, 6) is -1.79. The first kappa shape index (κ1) is 22.4. The maximum Gasteiger partial charge on any atom is 0.328 e. The molecule has 12 heteroatoms. The van der Waals surface area contributed by atoms with Gasteiger partial charge in [0.1, 0.15) is 0 Å². The van der Waals surface area contributed by atoms with E-state index >= 15 is 4.39 Å². The molecule has 2 aromatic heterocycles. The number of carbonyl (C=O) groups is 3. The highest BCUT2D eigenvalue weighted by Gasteiger charge is 2.63. The lowest BCUT2D eigenvalue weighted by Crippen LogP contribution is -2.75. The molecule has 0 radical (unpaired) electrons. The van der Waals surface area contributed by atoms with Gasteiger partial charge in [0.05, 0.1) is 41.6 Å². The summed E-state index contributed by atoms with van der Waals surface area (Å²) in [5, 5.41) is 12.0. The van der Waals surface area contributed by atoms with E-state index in [0.29, 0.717) is 23.3 Å². The number of anilines is 2. The molecule has 0 unspecified atom stereocenters. The fraction of sp³-hybridized carbons (Fsp3) is 0.375. The van der Waals surface area contributed by atoms with Crippen molar-refractivity contribution in [2.45, 2.75) is 45.1 Å². The summed E-state index contributed by atoms with van der Waals surface area (Å²) in [5.41, 5.74) is -0.303. The number of hydrogen-bond acceptors (Lipinski definition) is 9. The van der Waals surface area contributed by atoms with Crippen molar-refractivity contribution in [2.75, 3.05) is 16.8 Å². The second kappa shape index (κ2) is 7.98. The highest BCUT2D eigenvalue weighted by Crippen LogP contribution is 2.49. The van der Waals surface area contributed by atoms with E-state index in [2.05, 4.69) is 26.1 Å². The lowest BCUT2D eigenvalue weighted by Gasteiger charge is -2.55. The molecule has 2 saturated heterocycles. The van der Waals surface area contributed by atoms with Crippen LogP contribution in [0.5, 0.6) is 0 Å². The van der Waals surface area contributed by atoms with E-state index in [1.54, 1.807) is 30.2 Å². The minimum atomic E-state index is -1.70. The van der Waals surface area contributed by atoms with E-state index in [-0.39, 0.29) is 30.3 Å². The number of morpholine rings is 1. The Morgan fingerprint density at radius 1 is 1.22 bits per heavy atom. The quantitative estimate of drug-likeness (QED) is 0.466. The predicted octanol–water partition coefficient (Wildman–Crippen LogP) is 1.86. The van der Waals surface area contributed by atoms with Crippen LogP contribution >= 0.6 is 0 Å². The van der Waals surface area contributed by atoms with Crippen molar-refractivity contribution in [3.63, 3.8) is 0 Å². The summed E-state index contributed by atoms with van der Waals surface area (Å²) in [6.45, 7) is 4.14. The molecule has 3 aromatic rings. The molecule has 6 rings (SSSR count). The van der Waals surface area contributed by atoms with E-state index in [0.717, 1.165) is 5.69 Å². The summed E-state index contributed by atoms with van der Waals surface area (Å²) in [7, 11) is 0. The third-order valence-corrected chi connectivity index (χ3v) is 7.13. The number of ether oxygens (including phenoxy) is 1. The van der Waals surface area contributed by atoms with Gasteiger partial charge < -0.3 is 19.5 Å². The Morgan fingerprint density at radius 2 is 2.00 bits per heavy atom. The zero-order valence-corrected chi connectivity index (χ0v) is 19.5. The van der Waals surface area contributed by atoms with Crippen molar-refractivity contribution in [2.24, 2.45) is 5.41 Å². The van der Waals surface area contributed by atoms with E-state index in [1.165, 1.54) is 0 Å². The number of hydrogen-bond donors (Lipinski definition) is 3. The number of rotatable bonds is 3. The third kappa shape index (κ3) is 3.17. The van der Waals surface area contributed by atoms with Gasteiger partial charge in [0.25, 0.3) is 0 Å². The Morgan fingerprint density at radius 3 is 2.72 bits per heavy atom. The van der Waals surface area contributed by atoms with Gasteiger partial charge in [0, 0.05) is 19.2 Å². The number of pyridine rings is 1. The second-order valence-corrected chi connectivity index (χ2v) is 9.42. The number of benzene rings is 1. The minimum absolute atomic E-state index is 0.0357. The number of halogens is 1. The molecular weight excluding hydrogens is 471 g/mol. The normalized spacial score (nSPS) is 24.8. The lowest BCUT2D eigenvalue weighted by molar-refractivity contribution is -0.153. The molecule has 3 aliphatic rings. The lowest BCUT2D eigenvalue weighted by atomic mass is 9.66. The van der Waals surface area contributed by atoms with Gasteiger partial charge in [0.2, 0.25) is 17.4 Å². The number of imide groups is 2. The van der Waals surface area contributed by atoms with Gasteiger partial charge in [-0.15, -0.1) is 0 Å². The summed E-state index contributed by atoms with van der Waals surface area (Å²) in [6, 6.07) is 5.46. The topological polar surface area (TPSA) is 139 Å². The van der Waals surface area contributed by atoms with Gasteiger partial charge in [-0.05, 0) is 37.6 Å². The van der Waals surface area contributed by atoms with Crippen LogP contribution in [0.15, 0.2) is 35.0 Å². The average molecular weight is 494 g/mol. The molecule has 36 heavy (non-hydrogen) atoms. The minimum Gasteiger partial charge on any atom is -0.372 e. The van der Waals surface area contributed by atoms with E-state index in [1.807, 2.05) is 19.1 Å². The first-order valence-electron chi connectivity index (χ1n) is 11.6. The summed E-state index contributed by atoms with van der Waals surface area (Å²) in [6.07, 6.45) is 0.635. The molecule has 5 heterocycles. The van der Waals surface area contributed by atoms with Gasteiger partial charge in [-0.1, -0.05) is 11.2 Å². The Labute approximate surface area is 204 Å². The maximum absolute atomic E-state index is 16.1. The van der Waals surface area contributed by atoms with Crippen LogP contribution in [0.1, 0.15) is 25.1 Å². The number of barbiturate groups is 1. The van der Waals surface area contributed by atoms with E-state index < -0.39 is 41.2 Å². The number of aromatic nitrogens is 2. The fourth-order valence-electron chi connectivity index (χ4n) is 5.75. The maximum atomic E-state index is 16.1. The van der Waals surface area contributed by atoms with E-state index in [4.69, 9.17) is 9.26 Å². The van der Waals surface area contributed by atoms with Crippen LogP contribution in [0, 0.1) is 11.2 Å². The third-order valence-electron chi connectivity index (χ3n) is 7.13. The number of fused-ring (bicyclic) bond motifs is 5. The summed E-state index contributed by atoms with van der Waals surface area (Å²) >= 11 is 0. The smallest absolute Gasteiger partial charge is 0.328 e. The van der Waals surface area contributed by atoms with Gasteiger partial charge >= 0.3 is 6.03 Å². The van der Waals surface area contributed by atoms with E-state index in [9.17, 15) is 14.4 Å². The number of carbonyl (C=O) groups excluding carboxylic acids is 3. The second-order valence-electron chi connectivity index (χ2n) is 9.42. The highest BCUT2D eigenvalue weighted by molar-refractivity contribution is 6.20. The molecule has 2 fully saturated rings. The Hall–Kier alpha value is -4.06. The van der Waals surface area contributed by atoms with Crippen LogP contribution in [0.4, 0.5) is 20.7 Å². The SMILES string of the molecule is C[C@@H]1CN2c3c(cc4c(NCc5ccccn5)noc4c3F)CC3(C(=O)NC(=O)NC3=O)[C@H]2[C@H](C)O1. The molecular formula is C24H23FN6O5. The van der Waals surface area contributed by atoms with Crippen LogP contribution in [0.2, 0.25) is 0 Å². The standard InChI is InChI=1S/C24H23FN6O5/c1-11-10-31-17-13(8-24(19(31)12(2)35-11)21(32)28-23(34)29-22(24)33)7-15-18(16(17)25)36-30-20(15)27-9-14-5-3-4-6-26-14/h3-7,11-12,19H,8-10H2,1-2H3,(H,27,30)(H2,28,29,32,33,34)/t11-,12+,19-/m1/s1. The molecule has 186 valence electrons. The monoisotopic (exact) mass is 494 g/mol. The molecule has 1 aromatic carbocycles. The van der Waals surface area contributed by atoms with Crippen molar-refractivity contribution in [1.29, 1.82) is 0 Å². The average Bonchev–Trinajstić information content (AvgIpc) is 3.24. The zero-order chi connectivity index (χ0) is 25.2. The van der Waals surface area contributed by atoms with Crippen LogP contribution in [0.3, 0.4) is 0 Å². The molecule has 1 spiro atoms. The fourth-order valence-corrected chi connectivity index (χ4v) is 5.75. The molecule has 3 aliphatic heterocycles. The van der Waals surface area contributed by atoms with Crippen LogP contribution < -0.4 is 20.9 Å². The molecule has 3 N–H and O–H groups in total. The molecule has 11 nitrogen and oxygen atoms in total. The van der Waals surface area contributed by atoms with Crippen LogP contribution in [-0.2, 0) is 27.3 Å². The number of amides is 4. The number of urea groups is 1. The van der Waals surface area contributed by atoms with Crippen molar-refractivity contribution in [3.05, 3.63) is 47.5 Å².